The van der Waals surface area contributed by atoms with Crippen LogP contribution in [0.4, 0.5) is 11.5 Å². The quantitative estimate of drug-likeness (QED) is 0.328. The molecule has 10 nitrogen and oxygen atoms in total. The van der Waals surface area contributed by atoms with Gasteiger partial charge in [-0.25, -0.2) is 9.98 Å². The maximum Gasteiger partial charge on any atom is 0.246 e. The van der Waals surface area contributed by atoms with Crippen molar-refractivity contribution in [2.75, 3.05) is 69.2 Å². The number of aryl methyl sites for hydroxylation is 1. The van der Waals surface area contributed by atoms with Crippen LogP contribution in [0.3, 0.4) is 0 Å². The molecule has 4 heterocycles. The van der Waals surface area contributed by atoms with Crippen molar-refractivity contribution in [2.45, 2.75) is 13.5 Å². The van der Waals surface area contributed by atoms with E-state index in [9.17, 15) is 4.79 Å². The number of hydrogen-bond donors (Lipinski definition) is 1. The van der Waals surface area contributed by atoms with E-state index in [1.54, 1.807) is 15.8 Å². The van der Waals surface area contributed by atoms with Gasteiger partial charge in [-0.3, -0.25) is 9.48 Å². The zero-order valence-corrected chi connectivity index (χ0v) is 22.0. The number of guanidine groups is 1. The number of rotatable bonds is 5. The Morgan fingerprint density at radius 3 is 2.48 bits per heavy atom. The fourth-order valence-corrected chi connectivity index (χ4v) is 4.00. The number of pyridine rings is 1. The first-order valence-electron chi connectivity index (χ1n) is 11.2. The zero-order valence-electron chi connectivity index (χ0n) is 19.6. The topological polar surface area (TPSA) is 85.1 Å². The Morgan fingerprint density at radius 1 is 1.09 bits per heavy atom. The third-order valence-corrected chi connectivity index (χ3v) is 5.91. The summed E-state index contributed by atoms with van der Waals surface area (Å²) < 4.78 is 1.71. The second-order valence-corrected chi connectivity index (χ2v) is 8.32. The minimum Gasteiger partial charge on any atom is -0.356 e. The van der Waals surface area contributed by atoms with Gasteiger partial charge in [0.1, 0.15) is 12.4 Å². The number of piperazine rings is 2. The molecule has 0 spiro atoms. The molecule has 2 fully saturated rings. The van der Waals surface area contributed by atoms with E-state index in [2.05, 4.69) is 44.4 Å². The average molecular weight is 567 g/mol. The Hall–Kier alpha value is -2.41. The number of aliphatic imine (C=N–C) groups is 1. The van der Waals surface area contributed by atoms with E-state index in [1.807, 2.05) is 31.3 Å². The summed E-state index contributed by atoms with van der Waals surface area (Å²) in [4.78, 5) is 30.7. The number of hydrogen-bond acceptors (Lipinski definition) is 6. The van der Waals surface area contributed by atoms with Gasteiger partial charge in [0, 0.05) is 65.3 Å². The third kappa shape index (κ3) is 6.34. The number of carbonyl (C=O) groups excluding carboxylic acids is 1. The van der Waals surface area contributed by atoms with Crippen LogP contribution in [0.1, 0.15) is 12.5 Å². The molecule has 0 radical (unpaired) electrons. The van der Waals surface area contributed by atoms with Crippen LogP contribution in [0, 0.1) is 0 Å². The lowest BCUT2D eigenvalue weighted by atomic mass is 10.2. The van der Waals surface area contributed by atoms with E-state index < -0.39 is 0 Å². The molecule has 0 atom stereocenters. The van der Waals surface area contributed by atoms with Gasteiger partial charge in [-0.2, -0.15) is 5.10 Å². The molecule has 33 heavy (non-hydrogen) atoms. The first kappa shape index (κ1) is 25.2. The molecule has 0 saturated carbocycles. The van der Waals surface area contributed by atoms with Crippen molar-refractivity contribution in [1.82, 2.24) is 29.9 Å². The highest BCUT2D eigenvalue weighted by atomic mass is 127. The summed E-state index contributed by atoms with van der Waals surface area (Å²) in [5, 5.41) is 7.50. The Bertz CT molecular complexity index is 938. The molecular formula is C22H34IN9O. The van der Waals surface area contributed by atoms with Crippen molar-refractivity contribution in [3.8, 4) is 0 Å². The summed E-state index contributed by atoms with van der Waals surface area (Å²) in [5.74, 6) is 1.83. The van der Waals surface area contributed by atoms with Gasteiger partial charge in [-0.1, -0.05) is 6.07 Å². The summed E-state index contributed by atoms with van der Waals surface area (Å²) in [6.45, 7) is 9.06. The monoisotopic (exact) mass is 567 g/mol. The molecule has 0 aromatic carbocycles. The average Bonchev–Trinajstić information content (AvgIpc) is 3.23. The van der Waals surface area contributed by atoms with Crippen molar-refractivity contribution in [1.29, 1.82) is 0 Å². The fraction of sp³-hybridized carbons (Fsp3) is 0.545. The van der Waals surface area contributed by atoms with Gasteiger partial charge in [-0.05, 0) is 25.6 Å². The normalized spacial score (nSPS) is 17.8. The van der Waals surface area contributed by atoms with Gasteiger partial charge in [-0.15, -0.1) is 24.0 Å². The number of likely N-dealkylation sites (N-methyl/N-ethyl adjacent to an activating group) is 1. The van der Waals surface area contributed by atoms with Crippen LogP contribution in [0.2, 0.25) is 0 Å². The summed E-state index contributed by atoms with van der Waals surface area (Å²) in [5.41, 5.74) is 1.89. The zero-order chi connectivity index (χ0) is 22.5. The molecule has 0 unspecified atom stereocenters. The summed E-state index contributed by atoms with van der Waals surface area (Å²) in [6.07, 6.45) is 5.50. The van der Waals surface area contributed by atoms with Crippen molar-refractivity contribution >= 4 is 47.3 Å². The maximum absolute atomic E-state index is 12.8. The smallest absolute Gasteiger partial charge is 0.246 e. The third-order valence-electron chi connectivity index (χ3n) is 5.91. The van der Waals surface area contributed by atoms with E-state index >= 15 is 0 Å². The van der Waals surface area contributed by atoms with E-state index in [0.717, 1.165) is 55.8 Å². The Kier molecular flexibility index (Phi) is 8.89. The molecule has 2 saturated heterocycles. The highest BCUT2D eigenvalue weighted by Crippen LogP contribution is 2.17. The molecule has 2 aliphatic heterocycles. The minimum atomic E-state index is 0. The fourth-order valence-electron chi connectivity index (χ4n) is 4.00. The summed E-state index contributed by atoms with van der Waals surface area (Å²) in [7, 11) is 4.01. The molecule has 4 rings (SSSR count). The minimum absolute atomic E-state index is 0. The number of amides is 1. The van der Waals surface area contributed by atoms with E-state index in [0.29, 0.717) is 26.2 Å². The summed E-state index contributed by atoms with van der Waals surface area (Å²) >= 11 is 0. The molecule has 180 valence electrons. The molecule has 0 aliphatic carbocycles. The van der Waals surface area contributed by atoms with Crippen LogP contribution in [0.15, 0.2) is 35.7 Å². The lowest BCUT2D eigenvalue weighted by Gasteiger charge is -2.35. The maximum atomic E-state index is 12.8. The van der Waals surface area contributed by atoms with E-state index in [1.165, 1.54) is 0 Å². The second-order valence-electron chi connectivity index (χ2n) is 8.32. The van der Waals surface area contributed by atoms with Crippen LogP contribution < -0.4 is 15.1 Å². The standard InChI is InChI=1S/C22H33N9O.HI/c1-4-23-22(30-11-12-31(21(32)17-30)19-15-26-28(3)16-19)25-14-18-5-6-20(24-13-18)29-9-7-27(2)8-10-29;/h5-6,13,15-16H,4,7-12,14,17H2,1-3H3,(H,23,25);1H. The summed E-state index contributed by atoms with van der Waals surface area (Å²) in [6, 6.07) is 4.18. The van der Waals surface area contributed by atoms with Crippen LogP contribution in [-0.2, 0) is 18.4 Å². The van der Waals surface area contributed by atoms with E-state index in [4.69, 9.17) is 4.99 Å². The van der Waals surface area contributed by atoms with Crippen molar-refractivity contribution in [2.24, 2.45) is 12.0 Å². The lowest BCUT2D eigenvalue weighted by Crippen LogP contribution is -2.55. The predicted octanol–water partition coefficient (Wildman–Crippen LogP) is 0.999. The predicted molar refractivity (Wildman–Crippen MR) is 141 cm³/mol. The van der Waals surface area contributed by atoms with Crippen molar-refractivity contribution in [3.63, 3.8) is 0 Å². The molecule has 2 aromatic rings. The number of halogens is 1. The highest BCUT2D eigenvalue weighted by Gasteiger charge is 2.27. The first-order chi connectivity index (χ1) is 15.5. The van der Waals surface area contributed by atoms with Crippen LogP contribution in [0.25, 0.3) is 0 Å². The Morgan fingerprint density at radius 2 is 1.88 bits per heavy atom. The van der Waals surface area contributed by atoms with Gasteiger partial charge < -0.3 is 24.9 Å². The van der Waals surface area contributed by atoms with Crippen molar-refractivity contribution < 1.29 is 4.79 Å². The molecule has 2 aromatic heterocycles. The Labute approximate surface area is 212 Å². The van der Waals surface area contributed by atoms with Gasteiger partial charge in [0.25, 0.3) is 0 Å². The van der Waals surface area contributed by atoms with Crippen LogP contribution in [0.5, 0.6) is 0 Å². The number of nitrogens with one attached hydrogen (secondary N) is 1. The van der Waals surface area contributed by atoms with Gasteiger partial charge in [0.15, 0.2) is 5.96 Å². The van der Waals surface area contributed by atoms with E-state index in [-0.39, 0.29) is 29.9 Å². The first-order valence-corrected chi connectivity index (χ1v) is 11.2. The SMILES string of the molecule is CCNC(=NCc1ccc(N2CCN(C)CC2)nc1)N1CCN(c2cnn(C)c2)C(=O)C1.I. The number of carbonyl (C=O) groups is 1. The van der Waals surface area contributed by atoms with Gasteiger partial charge in [0.05, 0.1) is 18.4 Å². The number of nitrogens with zero attached hydrogens (tertiary/aromatic N) is 8. The van der Waals surface area contributed by atoms with Crippen LogP contribution in [-0.4, -0.2) is 95.8 Å². The van der Waals surface area contributed by atoms with Gasteiger partial charge >= 0.3 is 0 Å². The molecule has 1 N–H and O–H groups in total. The molecule has 0 bridgehead atoms. The lowest BCUT2D eigenvalue weighted by molar-refractivity contribution is -0.120. The Balaban J connectivity index is 0.00000306. The molecule has 11 heteroatoms. The second kappa shape index (κ2) is 11.6. The highest BCUT2D eigenvalue weighted by molar-refractivity contribution is 14.0. The van der Waals surface area contributed by atoms with Gasteiger partial charge in [0.2, 0.25) is 5.91 Å². The number of anilines is 2. The number of aromatic nitrogens is 3. The van der Waals surface area contributed by atoms with Crippen LogP contribution >= 0.6 is 24.0 Å². The molecule has 1 amide bonds. The van der Waals surface area contributed by atoms with Crippen molar-refractivity contribution in [3.05, 3.63) is 36.3 Å². The largest absolute Gasteiger partial charge is 0.356 e. The molecular weight excluding hydrogens is 533 g/mol. The molecule has 2 aliphatic rings.